The number of hydrogen-bond acceptors (Lipinski definition) is 6. The number of phenolic OH excluding ortho intramolecular Hbond substituents is 1. The first-order valence-corrected chi connectivity index (χ1v) is 6.77. The largest absolute Gasteiger partial charge is 0.507 e. The number of aryl methyl sites for hydroxylation is 1. The lowest BCUT2D eigenvalue weighted by Crippen LogP contribution is -2.05. The van der Waals surface area contributed by atoms with E-state index in [0.717, 1.165) is 10.8 Å². The number of rotatable bonds is 4. The minimum absolute atomic E-state index is 0.0916. The molecule has 1 aromatic heterocycles. The molecule has 7 nitrogen and oxygen atoms in total. The predicted octanol–water partition coefficient (Wildman–Crippen LogP) is 1.22. The van der Waals surface area contributed by atoms with Crippen molar-refractivity contribution in [3.8, 4) is 5.75 Å². The van der Waals surface area contributed by atoms with Crippen molar-refractivity contribution >= 4 is 17.0 Å². The lowest BCUT2D eigenvalue weighted by atomic mass is 10.0. The van der Waals surface area contributed by atoms with Gasteiger partial charge in [0, 0.05) is 11.8 Å². The van der Waals surface area contributed by atoms with E-state index in [1.54, 1.807) is 19.3 Å². The summed E-state index contributed by atoms with van der Waals surface area (Å²) < 4.78 is 0. The smallest absolute Gasteiger partial charge is 0.205 e. The maximum absolute atomic E-state index is 10.0. The minimum Gasteiger partial charge on any atom is -0.507 e. The van der Waals surface area contributed by atoms with E-state index < -0.39 is 6.10 Å². The van der Waals surface area contributed by atoms with Crippen molar-refractivity contribution < 1.29 is 10.2 Å². The van der Waals surface area contributed by atoms with Gasteiger partial charge in [0.2, 0.25) is 5.82 Å². The van der Waals surface area contributed by atoms with Crippen LogP contribution in [0.4, 0.5) is 0 Å². The molecule has 0 aliphatic rings. The van der Waals surface area contributed by atoms with Crippen LogP contribution in [0.1, 0.15) is 17.5 Å². The lowest BCUT2D eigenvalue weighted by Gasteiger charge is -2.05. The Morgan fingerprint density at radius 2 is 2.09 bits per heavy atom. The van der Waals surface area contributed by atoms with Crippen molar-refractivity contribution in [2.45, 2.75) is 6.10 Å². The number of tetrazole rings is 1. The van der Waals surface area contributed by atoms with Gasteiger partial charge in [0.25, 0.3) is 0 Å². The monoisotopic (exact) mass is 297 g/mol. The summed E-state index contributed by atoms with van der Waals surface area (Å²) in [5.41, 5.74) is 0.623. The predicted molar refractivity (Wildman–Crippen MR) is 81.8 cm³/mol. The molecule has 112 valence electrons. The zero-order chi connectivity index (χ0) is 15.5. The SMILES string of the molecule is Cn1nnc([C@@H](O)CN=Cc2c(O)ccc3ccccc23)n1. The quantitative estimate of drug-likeness (QED) is 0.706. The molecule has 1 heterocycles. The molecule has 3 aromatic rings. The van der Waals surface area contributed by atoms with Gasteiger partial charge in [-0.25, -0.2) is 0 Å². The third-order valence-corrected chi connectivity index (χ3v) is 3.27. The van der Waals surface area contributed by atoms with Crippen LogP contribution in [0.15, 0.2) is 41.4 Å². The van der Waals surface area contributed by atoms with Gasteiger partial charge in [-0.05, 0) is 22.1 Å². The molecule has 7 heteroatoms. The summed E-state index contributed by atoms with van der Waals surface area (Å²) in [5.74, 6) is 0.372. The molecule has 0 bridgehead atoms. The minimum atomic E-state index is -0.929. The summed E-state index contributed by atoms with van der Waals surface area (Å²) in [5, 5.41) is 33.2. The molecule has 0 aliphatic carbocycles. The van der Waals surface area contributed by atoms with Gasteiger partial charge < -0.3 is 10.2 Å². The molecular formula is C15H15N5O2. The van der Waals surface area contributed by atoms with Crippen LogP contribution < -0.4 is 0 Å². The molecule has 0 saturated carbocycles. The highest BCUT2D eigenvalue weighted by molar-refractivity contribution is 6.02. The lowest BCUT2D eigenvalue weighted by molar-refractivity contribution is 0.177. The number of fused-ring (bicyclic) bond motifs is 1. The Morgan fingerprint density at radius 3 is 2.86 bits per heavy atom. The van der Waals surface area contributed by atoms with Crippen LogP contribution in [0.5, 0.6) is 5.75 Å². The summed E-state index contributed by atoms with van der Waals surface area (Å²) in [4.78, 5) is 5.46. The van der Waals surface area contributed by atoms with Crippen LogP contribution in [0.3, 0.4) is 0 Å². The fourth-order valence-corrected chi connectivity index (χ4v) is 2.18. The van der Waals surface area contributed by atoms with Crippen molar-refractivity contribution in [1.82, 2.24) is 20.2 Å². The molecule has 0 saturated heterocycles. The molecule has 1 atom stereocenters. The number of aromatic nitrogens is 4. The van der Waals surface area contributed by atoms with E-state index in [1.165, 1.54) is 4.80 Å². The second-order valence-corrected chi connectivity index (χ2v) is 4.87. The molecule has 2 N–H and O–H groups in total. The second kappa shape index (κ2) is 5.90. The van der Waals surface area contributed by atoms with E-state index >= 15 is 0 Å². The van der Waals surface area contributed by atoms with E-state index in [9.17, 15) is 10.2 Å². The fraction of sp³-hybridized carbons (Fsp3) is 0.200. The van der Waals surface area contributed by atoms with Crippen LogP contribution in [0.25, 0.3) is 10.8 Å². The highest BCUT2D eigenvalue weighted by atomic mass is 16.3. The molecule has 2 aromatic carbocycles. The normalized spacial score (nSPS) is 13.0. The maximum Gasteiger partial charge on any atom is 0.205 e. The fourth-order valence-electron chi connectivity index (χ4n) is 2.18. The van der Waals surface area contributed by atoms with Crippen LogP contribution in [-0.2, 0) is 7.05 Å². The van der Waals surface area contributed by atoms with E-state index in [2.05, 4.69) is 20.4 Å². The third-order valence-electron chi connectivity index (χ3n) is 3.27. The van der Waals surface area contributed by atoms with Crippen LogP contribution in [0, 0.1) is 0 Å². The Morgan fingerprint density at radius 1 is 1.27 bits per heavy atom. The van der Waals surface area contributed by atoms with Crippen molar-refractivity contribution in [1.29, 1.82) is 0 Å². The highest BCUT2D eigenvalue weighted by Crippen LogP contribution is 2.25. The van der Waals surface area contributed by atoms with Gasteiger partial charge >= 0.3 is 0 Å². The molecule has 0 spiro atoms. The number of phenols is 1. The van der Waals surface area contributed by atoms with Gasteiger partial charge in [0.1, 0.15) is 11.9 Å². The summed E-state index contributed by atoms with van der Waals surface area (Å²) in [6.07, 6.45) is 0.624. The molecular weight excluding hydrogens is 282 g/mol. The van der Waals surface area contributed by atoms with E-state index in [0.29, 0.717) is 5.56 Å². The van der Waals surface area contributed by atoms with Crippen LogP contribution in [-0.4, -0.2) is 43.2 Å². The Hall–Kier alpha value is -2.80. The first-order valence-electron chi connectivity index (χ1n) is 6.77. The zero-order valence-electron chi connectivity index (χ0n) is 12.0. The van der Waals surface area contributed by atoms with Gasteiger partial charge in [-0.2, -0.15) is 4.80 Å². The van der Waals surface area contributed by atoms with E-state index in [4.69, 9.17) is 0 Å². The van der Waals surface area contributed by atoms with Crippen molar-refractivity contribution in [2.24, 2.45) is 12.0 Å². The molecule has 0 aliphatic heterocycles. The van der Waals surface area contributed by atoms with Crippen LogP contribution >= 0.6 is 0 Å². The Kier molecular flexibility index (Phi) is 3.80. The average Bonchev–Trinajstić information content (AvgIpc) is 2.96. The maximum atomic E-state index is 10.0. The summed E-state index contributed by atoms with van der Waals surface area (Å²) in [7, 11) is 1.63. The number of aliphatic hydroxyl groups is 1. The molecule has 0 amide bonds. The van der Waals surface area contributed by atoms with E-state index in [-0.39, 0.29) is 18.1 Å². The van der Waals surface area contributed by atoms with Gasteiger partial charge in [-0.3, -0.25) is 4.99 Å². The molecule has 0 fully saturated rings. The number of aromatic hydroxyl groups is 1. The van der Waals surface area contributed by atoms with Gasteiger partial charge in [0.05, 0.1) is 13.6 Å². The zero-order valence-corrected chi connectivity index (χ0v) is 12.0. The van der Waals surface area contributed by atoms with Crippen molar-refractivity contribution in [3.05, 3.63) is 47.8 Å². The summed E-state index contributed by atoms with van der Waals surface area (Å²) in [6, 6.07) is 11.2. The number of aliphatic imine (C=N–C) groups is 1. The standard InChI is InChI=1S/C15H15N5O2/c1-20-18-15(17-19-20)14(22)9-16-8-12-11-5-3-2-4-10(11)6-7-13(12)21/h2-8,14,21-22H,9H2,1H3/t14-/m0/s1. The number of aliphatic hydroxyl groups excluding tert-OH is 1. The van der Waals surface area contributed by atoms with Gasteiger partial charge in [-0.15, -0.1) is 10.2 Å². The third kappa shape index (κ3) is 2.79. The topological polar surface area (TPSA) is 96.4 Å². The molecule has 0 unspecified atom stereocenters. The first-order chi connectivity index (χ1) is 10.6. The van der Waals surface area contributed by atoms with E-state index in [1.807, 2.05) is 30.3 Å². The molecule has 22 heavy (non-hydrogen) atoms. The average molecular weight is 297 g/mol. The Labute approximate surface area is 126 Å². The summed E-state index contributed by atoms with van der Waals surface area (Å²) in [6.45, 7) is 0.0916. The van der Waals surface area contributed by atoms with Crippen molar-refractivity contribution in [2.75, 3.05) is 6.54 Å². The molecule has 3 rings (SSSR count). The second-order valence-electron chi connectivity index (χ2n) is 4.87. The van der Waals surface area contributed by atoms with Gasteiger partial charge in [0.15, 0.2) is 0 Å². The number of benzene rings is 2. The van der Waals surface area contributed by atoms with Gasteiger partial charge in [-0.1, -0.05) is 30.3 Å². The van der Waals surface area contributed by atoms with Crippen LogP contribution in [0.2, 0.25) is 0 Å². The van der Waals surface area contributed by atoms with Crippen molar-refractivity contribution in [3.63, 3.8) is 0 Å². The number of hydrogen-bond donors (Lipinski definition) is 2. The first kappa shape index (κ1) is 14.2. The Balaban J connectivity index is 1.82. The Bertz CT molecular complexity index is 828. The summed E-state index contributed by atoms with van der Waals surface area (Å²) >= 11 is 0. The molecule has 0 radical (unpaired) electrons. The number of nitrogens with zero attached hydrogens (tertiary/aromatic N) is 5. The highest BCUT2D eigenvalue weighted by Gasteiger charge is 2.12.